The minimum Gasteiger partial charge on any atom is -0.480 e. The molecule has 1 aromatic heterocycles. The van der Waals surface area contributed by atoms with E-state index in [1.54, 1.807) is 26.0 Å². The summed E-state index contributed by atoms with van der Waals surface area (Å²) in [6.07, 6.45) is 0. The number of ether oxygens (including phenoxy) is 1. The SMILES string of the molecule is CC(C)(Sc1nc(COCc2ccc(-c3ccc(F)cc3)cc2)cs1)C(=O)O. The smallest absolute Gasteiger partial charge is 0.319 e. The molecule has 0 bridgehead atoms. The summed E-state index contributed by atoms with van der Waals surface area (Å²) < 4.78 is 18.5. The van der Waals surface area contributed by atoms with Crippen molar-refractivity contribution in [3.63, 3.8) is 0 Å². The van der Waals surface area contributed by atoms with Crippen LogP contribution in [0.4, 0.5) is 4.39 Å². The third-order valence-electron chi connectivity index (χ3n) is 4.04. The molecule has 7 heteroatoms. The highest BCUT2D eigenvalue weighted by atomic mass is 32.2. The van der Waals surface area contributed by atoms with Gasteiger partial charge >= 0.3 is 5.97 Å². The summed E-state index contributed by atoms with van der Waals surface area (Å²) in [5, 5.41) is 11.1. The number of carboxylic acid groups (broad SMARTS) is 1. The van der Waals surface area contributed by atoms with E-state index >= 15 is 0 Å². The molecular weight excluding hydrogens is 397 g/mol. The lowest BCUT2D eigenvalue weighted by Gasteiger charge is -2.15. The maximum atomic E-state index is 13.0. The van der Waals surface area contributed by atoms with Crippen LogP contribution >= 0.6 is 23.1 Å². The van der Waals surface area contributed by atoms with Crippen molar-refractivity contribution < 1.29 is 19.0 Å². The second kappa shape index (κ2) is 8.86. The number of benzene rings is 2. The minimum absolute atomic E-state index is 0.246. The molecule has 0 saturated carbocycles. The van der Waals surface area contributed by atoms with Crippen LogP contribution in [-0.2, 0) is 22.7 Å². The van der Waals surface area contributed by atoms with Crippen molar-refractivity contribution >= 4 is 29.1 Å². The molecule has 3 aromatic rings. The molecule has 0 aliphatic heterocycles. The van der Waals surface area contributed by atoms with E-state index in [9.17, 15) is 14.3 Å². The van der Waals surface area contributed by atoms with E-state index in [1.807, 2.05) is 29.6 Å². The highest BCUT2D eigenvalue weighted by Gasteiger charge is 2.29. The minimum atomic E-state index is -0.914. The third-order valence-corrected chi connectivity index (χ3v) is 6.21. The average molecular weight is 418 g/mol. The van der Waals surface area contributed by atoms with E-state index in [2.05, 4.69) is 4.98 Å². The van der Waals surface area contributed by atoms with E-state index in [0.29, 0.717) is 13.2 Å². The molecule has 4 nitrogen and oxygen atoms in total. The zero-order chi connectivity index (χ0) is 20.1. The molecule has 28 heavy (non-hydrogen) atoms. The van der Waals surface area contributed by atoms with Gasteiger partial charge in [-0.25, -0.2) is 9.37 Å². The monoisotopic (exact) mass is 417 g/mol. The lowest BCUT2D eigenvalue weighted by molar-refractivity contribution is -0.138. The fourth-order valence-corrected chi connectivity index (χ4v) is 4.55. The second-order valence-electron chi connectivity index (χ2n) is 6.72. The molecule has 1 heterocycles. The number of hydrogen-bond acceptors (Lipinski definition) is 5. The van der Waals surface area contributed by atoms with Gasteiger partial charge in [-0.3, -0.25) is 4.79 Å². The molecule has 0 aliphatic carbocycles. The van der Waals surface area contributed by atoms with Gasteiger partial charge in [0.1, 0.15) is 10.6 Å². The molecule has 0 atom stereocenters. The molecule has 146 valence electrons. The zero-order valence-electron chi connectivity index (χ0n) is 15.5. The first-order valence-electron chi connectivity index (χ1n) is 8.63. The van der Waals surface area contributed by atoms with Crippen molar-refractivity contribution in [3.8, 4) is 11.1 Å². The number of hydrogen-bond donors (Lipinski definition) is 1. The number of aliphatic carboxylic acids is 1. The zero-order valence-corrected chi connectivity index (χ0v) is 17.1. The van der Waals surface area contributed by atoms with Crippen LogP contribution in [0.1, 0.15) is 25.1 Å². The largest absolute Gasteiger partial charge is 0.480 e. The fraction of sp³-hybridized carbons (Fsp3) is 0.238. The van der Waals surface area contributed by atoms with Crippen molar-refractivity contribution in [3.05, 3.63) is 71.0 Å². The Balaban J connectivity index is 1.51. The molecule has 0 saturated heterocycles. The van der Waals surface area contributed by atoms with Gasteiger partial charge in [0.2, 0.25) is 0 Å². The Kier molecular flexibility index (Phi) is 6.49. The van der Waals surface area contributed by atoms with Crippen molar-refractivity contribution in [1.29, 1.82) is 0 Å². The number of thiazole rings is 1. The maximum Gasteiger partial charge on any atom is 0.319 e. The van der Waals surface area contributed by atoms with Gasteiger partial charge in [-0.05, 0) is 42.7 Å². The molecule has 0 radical (unpaired) electrons. The van der Waals surface area contributed by atoms with Crippen molar-refractivity contribution in [2.45, 2.75) is 36.1 Å². The predicted molar refractivity (Wildman–Crippen MR) is 110 cm³/mol. The first-order chi connectivity index (χ1) is 13.3. The summed E-state index contributed by atoms with van der Waals surface area (Å²) in [5.41, 5.74) is 3.80. The second-order valence-corrected chi connectivity index (χ2v) is 9.45. The summed E-state index contributed by atoms with van der Waals surface area (Å²) in [5.74, 6) is -1.11. The summed E-state index contributed by atoms with van der Waals surface area (Å²) in [7, 11) is 0. The first-order valence-corrected chi connectivity index (χ1v) is 10.3. The van der Waals surface area contributed by atoms with E-state index < -0.39 is 10.7 Å². The first kappa shape index (κ1) is 20.5. The molecule has 0 aliphatic rings. The quantitative estimate of drug-likeness (QED) is 0.482. The van der Waals surface area contributed by atoms with Gasteiger partial charge in [0, 0.05) is 5.38 Å². The van der Waals surface area contributed by atoms with Crippen LogP contribution in [0.5, 0.6) is 0 Å². The topological polar surface area (TPSA) is 59.4 Å². The van der Waals surface area contributed by atoms with Crippen LogP contribution in [0.15, 0.2) is 58.3 Å². The van der Waals surface area contributed by atoms with E-state index in [-0.39, 0.29) is 5.82 Å². The van der Waals surface area contributed by atoms with Crippen LogP contribution < -0.4 is 0 Å². The molecule has 3 rings (SSSR count). The number of aromatic nitrogens is 1. The van der Waals surface area contributed by atoms with Gasteiger partial charge in [-0.1, -0.05) is 48.2 Å². The molecule has 0 spiro atoms. The Morgan fingerprint density at radius 1 is 1.11 bits per heavy atom. The molecule has 0 unspecified atom stereocenters. The number of carboxylic acids is 1. The Labute approximate surface area is 171 Å². The van der Waals surface area contributed by atoms with Gasteiger partial charge in [0.25, 0.3) is 0 Å². The van der Waals surface area contributed by atoms with Crippen molar-refractivity contribution in [1.82, 2.24) is 4.98 Å². The number of halogens is 1. The molecule has 2 aromatic carbocycles. The third kappa shape index (κ3) is 5.41. The molecule has 0 fully saturated rings. The summed E-state index contributed by atoms with van der Waals surface area (Å²) in [4.78, 5) is 15.6. The summed E-state index contributed by atoms with van der Waals surface area (Å²) >= 11 is 2.66. The Morgan fingerprint density at radius 3 is 2.32 bits per heavy atom. The maximum absolute atomic E-state index is 13.0. The van der Waals surface area contributed by atoms with Gasteiger partial charge in [0.05, 0.1) is 18.9 Å². The normalized spacial score (nSPS) is 11.5. The molecule has 1 N–H and O–H groups in total. The number of thioether (sulfide) groups is 1. The lowest BCUT2D eigenvalue weighted by atomic mass is 10.0. The highest BCUT2D eigenvalue weighted by Crippen LogP contribution is 2.34. The standard InChI is InChI=1S/C21H20FNO3S2/c1-21(2,19(24)25)28-20-23-18(13-27-20)12-26-11-14-3-5-15(6-4-14)16-7-9-17(22)10-8-16/h3-10,13H,11-12H2,1-2H3,(H,24,25). The fourth-order valence-electron chi connectivity index (χ4n) is 2.37. The lowest BCUT2D eigenvalue weighted by Crippen LogP contribution is -2.26. The molecule has 0 amide bonds. The van der Waals surface area contributed by atoms with Gasteiger partial charge < -0.3 is 9.84 Å². The van der Waals surface area contributed by atoms with Crippen LogP contribution in [0.25, 0.3) is 11.1 Å². The van der Waals surface area contributed by atoms with Crippen molar-refractivity contribution in [2.24, 2.45) is 0 Å². The van der Waals surface area contributed by atoms with E-state index in [0.717, 1.165) is 26.7 Å². The average Bonchev–Trinajstić information content (AvgIpc) is 3.09. The van der Waals surface area contributed by atoms with Crippen LogP contribution in [0.2, 0.25) is 0 Å². The van der Waals surface area contributed by atoms with Crippen LogP contribution in [-0.4, -0.2) is 20.8 Å². The molecular formula is C21H20FNO3S2. The van der Waals surface area contributed by atoms with Crippen molar-refractivity contribution in [2.75, 3.05) is 0 Å². The van der Waals surface area contributed by atoms with E-state index in [1.165, 1.54) is 35.2 Å². The summed E-state index contributed by atoms with van der Waals surface area (Å²) in [6, 6.07) is 14.3. The van der Waals surface area contributed by atoms with E-state index in [4.69, 9.17) is 4.74 Å². The number of nitrogens with zero attached hydrogens (tertiary/aromatic N) is 1. The van der Waals surface area contributed by atoms with Gasteiger partial charge in [0.15, 0.2) is 4.34 Å². The Morgan fingerprint density at radius 2 is 1.71 bits per heavy atom. The Bertz CT molecular complexity index is 937. The highest BCUT2D eigenvalue weighted by molar-refractivity contribution is 8.02. The predicted octanol–water partition coefficient (Wildman–Crippen LogP) is 5.62. The Hall–Kier alpha value is -2.22. The van der Waals surface area contributed by atoms with Gasteiger partial charge in [-0.15, -0.1) is 11.3 Å². The number of carbonyl (C=O) groups is 1. The van der Waals surface area contributed by atoms with Crippen LogP contribution in [0, 0.1) is 5.82 Å². The van der Waals surface area contributed by atoms with Gasteiger partial charge in [-0.2, -0.15) is 0 Å². The summed E-state index contributed by atoms with van der Waals surface area (Å²) in [6.45, 7) is 4.13. The van der Waals surface area contributed by atoms with Crippen LogP contribution in [0.3, 0.4) is 0 Å². The number of rotatable bonds is 8.